The summed E-state index contributed by atoms with van der Waals surface area (Å²) in [5, 5.41) is 45.4. The molecule has 14 nitrogen and oxygen atoms in total. The highest BCUT2D eigenvalue weighted by Crippen LogP contribution is 2.19. The SMILES string of the molecule is NC(Cc1c[nH]c2ccccc12)C(=O)NC(Cc1ccc(O)cc1)C(=O)NC(CO)C(=O)NC(CCC(=O)O)C(=O)O. The van der Waals surface area contributed by atoms with Gasteiger partial charge in [-0.15, -0.1) is 0 Å². The van der Waals surface area contributed by atoms with Crippen molar-refractivity contribution < 1.29 is 44.4 Å². The number of carboxylic acid groups (broad SMARTS) is 2. The van der Waals surface area contributed by atoms with E-state index in [1.807, 2.05) is 24.3 Å². The molecule has 0 saturated heterocycles. The Bertz CT molecular complexity index is 1420. The number of hydrogen-bond acceptors (Lipinski definition) is 8. The number of H-pyrrole nitrogens is 1. The van der Waals surface area contributed by atoms with Crippen molar-refractivity contribution in [1.82, 2.24) is 20.9 Å². The number of fused-ring (bicyclic) bond motifs is 1. The van der Waals surface area contributed by atoms with E-state index in [0.717, 1.165) is 16.5 Å². The number of aliphatic carboxylic acids is 2. The largest absolute Gasteiger partial charge is 0.508 e. The summed E-state index contributed by atoms with van der Waals surface area (Å²) in [6, 6.07) is 7.80. The number of aliphatic hydroxyl groups is 1. The van der Waals surface area contributed by atoms with Crippen LogP contribution in [0.1, 0.15) is 24.0 Å². The number of nitrogens with one attached hydrogen (secondary N) is 4. The molecule has 14 heteroatoms. The van der Waals surface area contributed by atoms with Crippen LogP contribution in [0, 0.1) is 0 Å². The maximum Gasteiger partial charge on any atom is 0.326 e. The van der Waals surface area contributed by atoms with Crippen molar-refractivity contribution >= 4 is 40.6 Å². The van der Waals surface area contributed by atoms with E-state index in [1.165, 1.54) is 24.3 Å². The molecule has 0 spiro atoms. The lowest BCUT2D eigenvalue weighted by molar-refractivity contribution is -0.143. The Labute approximate surface area is 239 Å². The predicted molar refractivity (Wildman–Crippen MR) is 149 cm³/mol. The fraction of sp³-hybridized carbons (Fsp3) is 0.321. The van der Waals surface area contributed by atoms with Gasteiger partial charge in [0.15, 0.2) is 0 Å². The molecule has 0 saturated carbocycles. The van der Waals surface area contributed by atoms with Crippen molar-refractivity contribution in [3.8, 4) is 5.75 Å². The number of aromatic hydroxyl groups is 1. The van der Waals surface area contributed by atoms with Gasteiger partial charge in [0.25, 0.3) is 0 Å². The summed E-state index contributed by atoms with van der Waals surface area (Å²) in [4.78, 5) is 64.4. The van der Waals surface area contributed by atoms with Gasteiger partial charge in [0.1, 0.15) is 23.9 Å². The minimum atomic E-state index is -1.61. The molecule has 4 atom stereocenters. The Morgan fingerprint density at radius 2 is 1.43 bits per heavy atom. The predicted octanol–water partition coefficient (Wildman–Crippen LogP) is -0.618. The number of amides is 3. The first-order valence-electron chi connectivity index (χ1n) is 13.0. The molecule has 0 fully saturated rings. The maximum absolute atomic E-state index is 13.3. The summed E-state index contributed by atoms with van der Waals surface area (Å²) in [5.74, 6) is -5.37. The number of rotatable bonds is 15. The molecule has 0 aliphatic carbocycles. The molecule has 2 aromatic carbocycles. The number of para-hydroxylation sites is 1. The Morgan fingerprint density at radius 3 is 2.07 bits per heavy atom. The number of aliphatic hydroxyl groups excluding tert-OH is 1. The highest BCUT2D eigenvalue weighted by Gasteiger charge is 2.30. The number of carbonyl (C=O) groups excluding carboxylic acids is 3. The molecule has 1 heterocycles. The zero-order chi connectivity index (χ0) is 30.8. The lowest BCUT2D eigenvalue weighted by Gasteiger charge is -2.24. The Balaban J connectivity index is 1.73. The molecule has 3 aromatic rings. The first-order chi connectivity index (χ1) is 20.0. The molecule has 0 bridgehead atoms. The van der Waals surface area contributed by atoms with E-state index in [2.05, 4.69) is 20.9 Å². The van der Waals surface area contributed by atoms with Crippen LogP contribution in [0.5, 0.6) is 5.75 Å². The van der Waals surface area contributed by atoms with Crippen LogP contribution < -0.4 is 21.7 Å². The van der Waals surface area contributed by atoms with Crippen LogP contribution in [0.3, 0.4) is 0 Å². The Kier molecular flexibility index (Phi) is 11.0. The number of benzene rings is 2. The molecule has 4 unspecified atom stereocenters. The van der Waals surface area contributed by atoms with E-state index < -0.39 is 73.3 Å². The number of aromatic nitrogens is 1. The van der Waals surface area contributed by atoms with Gasteiger partial charge in [-0.1, -0.05) is 30.3 Å². The first kappa shape index (κ1) is 31.6. The smallest absolute Gasteiger partial charge is 0.326 e. The standard InChI is InChI=1S/C28H33N5O9/c29-19(12-16-13-30-20-4-2-1-3-18(16)20)25(38)32-22(11-15-5-7-17(35)8-6-15)26(39)33-23(14-34)27(40)31-21(28(41)42)9-10-24(36)37/h1-8,13,19,21-23,30,34-35H,9-12,14,29H2,(H,31,40)(H,32,38)(H,33,39)(H,36,37)(H,41,42). The summed E-state index contributed by atoms with van der Waals surface area (Å²) < 4.78 is 0. The van der Waals surface area contributed by atoms with Gasteiger partial charge in [-0.3, -0.25) is 19.2 Å². The van der Waals surface area contributed by atoms with Gasteiger partial charge < -0.3 is 47.1 Å². The lowest BCUT2D eigenvalue weighted by atomic mass is 10.0. The van der Waals surface area contributed by atoms with E-state index in [-0.39, 0.29) is 18.6 Å². The average molecular weight is 584 g/mol. The van der Waals surface area contributed by atoms with Gasteiger partial charge >= 0.3 is 11.9 Å². The van der Waals surface area contributed by atoms with Crippen LogP contribution in [0.2, 0.25) is 0 Å². The van der Waals surface area contributed by atoms with E-state index in [9.17, 15) is 39.3 Å². The van der Waals surface area contributed by atoms with E-state index in [0.29, 0.717) is 5.56 Å². The number of aromatic amines is 1. The van der Waals surface area contributed by atoms with Crippen LogP contribution >= 0.6 is 0 Å². The topological polar surface area (TPSA) is 244 Å². The summed E-state index contributed by atoms with van der Waals surface area (Å²) >= 11 is 0. The van der Waals surface area contributed by atoms with Crippen LogP contribution in [0.15, 0.2) is 54.7 Å². The van der Waals surface area contributed by atoms with Crippen LogP contribution in [0.4, 0.5) is 0 Å². The Morgan fingerprint density at radius 1 is 0.810 bits per heavy atom. The third kappa shape index (κ3) is 8.78. The van der Waals surface area contributed by atoms with Crippen molar-refractivity contribution in [3.63, 3.8) is 0 Å². The van der Waals surface area contributed by atoms with Gasteiger partial charge in [-0.05, 0) is 42.2 Å². The number of nitrogens with two attached hydrogens (primary N) is 1. The van der Waals surface area contributed by atoms with Crippen molar-refractivity contribution in [2.24, 2.45) is 5.73 Å². The number of phenolic OH excluding ortho intramolecular Hbond substituents is 1. The van der Waals surface area contributed by atoms with Gasteiger partial charge in [-0.25, -0.2) is 4.79 Å². The molecular weight excluding hydrogens is 550 g/mol. The molecule has 0 radical (unpaired) electrons. The van der Waals surface area contributed by atoms with E-state index in [4.69, 9.17) is 10.8 Å². The van der Waals surface area contributed by atoms with Gasteiger partial charge in [0.05, 0.1) is 12.6 Å². The molecule has 10 N–H and O–H groups in total. The minimum Gasteiger partial charge on any atom is -0.508 e. The summed E-state index contributed by atoms with van der Waals surface area (Å²) in [7, 11) is 0. The normalized spacial score (nSPS) is 13.9. The van der Waals surface area contributed by atoms with Crippen molar-refractivity contribution in [1.29, 1.82) is 0 Å². The lowest BCUT2D eigenvalue weighted by Crippen LogP contribution is -2.58. The zero-order valence-electron chi connectivity index (χ0n) is 22.4. The number of hydrogen-bond donors (Lipinski definition) is 9. The monoisotopic (exact) mass is 583 g/mol. The van der Waals surface area contributed by atoms with Crippen LogP contribution in [-0.2, 0) is 36.8 Å². The molecule has 0 aliphatic heterocycles. The number of phenols is 1. The number of carboxylic acids is 2. The number of carbonyl (C=O) groups is 5. The molecule has 3 amide bonds. The first-order valence-corrected chi connectivity index (χ1v) is 13.0. The van der Waals surface area contributed by atoms with Crippen LogP contribution in [-0.4, -0.2) is 85.8 Å². The summed E-state index contributed by atoms with van der Waals surface area (Å²) in [5.41, 5.74) is 8.38. The highest BCUT2D eigenvalue weighted by atomic mass is 16.4. The average Bonchev–Trinajstić information content (AvgIpc) is 3.36. The fourth-order valence-electron chi connectivity index (χ4n) is 4.25. The zero-order valence-corrected chi connectivity index (χ0v) is 22.4. The third-order valence-corrected chi connectivity index (χ3v) is 6.54. The summed E-state index contributed by atoms with van der Waals surface area (Å²) in [6.07, 6.45) is 0.860. The molecule has 42 heavy (non-hydrogen) atoms. The fourth-order valence-corrected chi connectivity index (χ4v) is 4.25. The van der Waals surface area contributed by atoms with Gasteiger partial charge in [0, 0.05) is 29.9 Å². The van der Waals surface area contributed by atoms with Crippen LogP contribution in [0.25, 0.3) is 10.9 Å². The molecule has 224 valence electrons. The summed E-state index contributed by atoms with van der Waals surface area (Å²) in [6.45, 7) is -0.914. The highest BCUT2D eigenvalue weighted by molar-refractivity contribution is 5.94. The Hall–Kier alpha value is -4.95. The van der Waals surface area contributed by atoms with Crippen molar-refractivity contribution in [2.75, 3.05) is 6.61 Å². The third-order valence-electron chi connectivity index (χ3n) is 6.54. The quantitative estimate of drug-likeness (QED) is 0.110. The second-order valence-electron chi connectivity index (χ2n) is 9.68. The van der Waals surface area contributed by atoms with Crippen molar-refractivity contribution in [2.45, 2.75) is 49.9 Å². The molecular formula is C28H33N5O9. The van der Waals surface area contributed by atoms with Gasteiger partial charge in [0.2, 0.25) is 17.7 Å². The minimum absolute atomic E-state index is 0.0163. The van der Waals surface area contributed by atoms with E-state index in [1.54, 1.807) is 6.20 Å². The second-order valence-corrected chi connectivity index (χ2v) is 9.68. The van der Waals surface area contributed by atoms with Gasteiger partial charge in [-0.2, -0.15) is 0 Å². The van der Waals surface area contributed by atoms with E-state index >= 15 is 0 Å². The molecule has 1 aromatic heterocycles. The van der Waals surface area contributed by atoms with Crippen molar-refractivity contribution in [3.05, 3.63) is 65.9 Å². The molecule has 0 aliphatic rings. The maximum atomic E-state index is 13.3. The molecule has 3 rings (SSSR count). The second kappa shape index (κ2) is 14.6.